The van der Waals surface area contributed by atoms with Gasteiger partial charge in [0, 0.05) is 19.3 Å². The van der Waals surface area contributed by atoms with E-state index in [2.05, 4.69) is 4.98 Å². The van der Waals surface area contributed by atoms with Gasteiger partial charge >= 0.3 is 5.97 Å². The molecular weight excluding hydrogens is 256 g/mol. The van der Waals surface area contributed by atoms with Crippen LogP contribution in [-0.2, 0) is 16.6 Å². The lowest BCUT2D eigenvalue weighted by Crippen LogP contribution is -2.37. The summed E-state index contributed by atoms with van der Waals surface area (Å²) in [6, 6.07) is 2.98. The minimum atomic E-state index is -3.16. The van der Waals surface area contributed by atoms with E-state index in [4.69, 9.17) is 5.11 Å². The summed E-state index contributed by atoms with van der Waals surface area (Å²) in [6.07, 6.45) is 2.97. The van der Waals surface area contributed by atoms with E-state index in [-0.39, 0.29) is 18.0 Å². The first kappa shape index (κ1) is 13.0. The van der Waals surface area contributed by atoms with Crippen molar-refractivity contribution in [2.24, 2.45) is 0 Å². The second kappa shape index (κ2) is 5.03. The van der Waals surface area contributed by atoms with E-state index >= 15 is 0 Å². The van der Waals surface area contributed by atoms with E-state index in [1.807, 2.05) is 0 Å². The Hall–Kier alpha value is -1.47. The van der Waals surface area contributed by atoms with Crippen LogP contribution in [0.3, 0.4) is 0 Å². The molecule has 0 bridgehead atoms. The van der Waals surface area contributed by atoms with E-state index in [0.717, 1.165) is 6.42 Å². The zero-order chi connectivity index (χ0) is 13.2. The van der Waals surface area contributed by atoms with Crippen molar-refractivity contribution in [3.8, 4) is 0 Å². The largest absolute Gasteiger partial charge is 0.477 e. The fourth-order valence-corrected chi connectivity index (χ4v) is 3.45. The summed E-state index contributed by atoms with van der Waals surface area (Å²) in [7, 11) is -3.16. The van der Waals surface area contributed by atoms with Crippen molar-refractivity contribution in [3.63, 3.8) is 0 Å². The van der Waals surface area contributed by atoms with Gasteiger partial charge in [-0.1, -0.05) is 6.07 Å². The SMILES string of the molecule is O=C(O)c1ccc(CN2CCCCS2(=O)=O)cn1. The quantitative estimate of drug-likeness (QED) is 0.873. The second-order valence-corrected chi connectivity index (χ2v) is 6.30. The molecule has 0 aromatic carbocycles. The van der Waals surface area contributed by atoms with Gasteiger partial charge in [0.15, 0.2) is 0 Å². The summed E-state index contributed by atoms with van der Waals surface area (Å²) in [6.45, 7) is 0.776. The van der Waals surface area contributed by atoms with Crippen molar-refractivity contribution < 1.29 is 18.3 Å². The molecule has 98 valence electrons. The van der Waals surface area contributed by atoms with Crippen LogP contribution in [0.4, 0.5) is 0 Å². The molecule has 1 saturated heterocycles. The predicted molar refractivity (Wildman–Crippen MR) is 64.6 cm³/mol. The molecular formula is C11H14N2O4S. The first-order valence-corrected chi connectivity index (χ1v) is 7.26. The fourth-order valence-electron chi connectivity index (χ4n) is 1.87. The minimum absolute atomic E-state index is 0.0414. The van der Waals surface area contributed by atoms with Crippen LogP contribution in [0, 0.1) is 0 Å². The maximum absolute atomic E-state index is 11.8. The molecule has 0 radical (unpaired) electrons. The summed E-state index contributed by atoms with van der Waals surface area (Å²) in [5.74, 6) is -0.902. The molecule has 0 aliphatic carbocycles. The van der Waals surface area contributed by atoms with Gasteiger partial charge < -0.3 is 5.11 Å². The highest BCUT2D eigenvalue weighted by atomic mass is 32.2. The standard InChI is InChI=1S/C11H14N2O4S/c14-11(15)10-4-3-9(7-12-10)8-13-5-1-2-6-18(13,16)17/h3-4,7H,1-2,5-6,8H2,(H,14,15). The van der Waals surface area contributed by atoms with Gasteiger partial charge in [0.05, 0.1) is 5.75 Å². The predicted octanol–water partition coefficient (Wildman–Crippen LogP) is 0.705. The lowest BCUT2D eigenvalue weighted by Gasteiger charge is -2.26. The van der Waals surface area contributed by atoms with Crippen molar-refractivity contribution >= 4 is 16.0 Å². The van der Waals surface area contributed by atoms with Gasteiger partial charge in [-0.25, -0.2) is 18.2 Å². The molecule has 0 unspecified atom stereocenters. The van der Waals surface area contributed by atoms with Crippen LogP contribution >= 0.6 is 0 Å². The van der Waals surface area contributed by atoms with Gasteiger partial charge in [-0.05, 0) is 24.5 Å². The first-order chi connectivity index (χ1) is 8.49. The van der Waals surface area contributed by atoms with Crippen LogP contribution in [0.1, 0.15) is 28.9 Å². The number of sulfonamides is 1. The molecule has 1 N–H and O–H groups in total. The molecule has 0 atom stereocenters. The van der Waals surface area contributed by atoms with E-state index in [9.17, 15) is 13.2 Å². The Morgan fingerprint density at radius 2 is 2.17 bits per heavy atom. The molecule has 6 nitrogen and oxygen atoms in total. The van der Waals surface area contributed by atoms with E-state index in [1.54, 1.807) is 6.07 Å². The molecule has 1 aromatic heterocycles. The lowest BCUT2D eigenvalue weighted by atomic mass is 10.2. The van der Waals surface area contributed by atoms with Crippen LogP contribution in [0.5, 0.6) is 0 Å². The summed E-state index contributed by atoms with van der Waals surface area (Å²) >= 11 is 0. The highest BCUT2D eigenvalue weighted by molar-refractivity contribution is 7.89. The molecule has 0 saturated carbocycles. The third-order valence-electron chi connectivity index (χ3n) is 2.86. The van der Waals surface area contributed by atoms with Crippen molar-refractivity contribution in [2.45, 2.75) is 19.4 Å². The molecule has 0 amide bonds. The number of carbonyl (C=O) groups is 1. The van der Waals surface area contributed by atoms with Crippen molar-refractivity contribution in [1.82, 2.24) is 9.29 Å². The van der Waals surface area contributed by atoms with Gasteiger partial charge in [-0.2, -0.15) is 4.31 Å². The normalized spacial score (nSPS) is 19.6. The highest BCUT2D eigenvalue weighted by Gasteiger charge is 2.25. The van der Waals surface area contributed by atoms with Crippen LogP contribution < -0.4 is 0 Å². The van der Waals surface area contributed by atoms with Crippen LogP contribution in [0.2, 0.25) is 0 Å². The van der Waals surface area contributed by atoms with Crippen LogP contribution in [-0.4, -0.2) is 41.1 Å². The minimum Gasteiger partial charge on any atom is -0.477 e. The number of nitrogens with zero attached hydrogens (tertiary/aromatic N) is 2. The molecule has 0 spiro atoms. The Balaban J connectivity index is 2.11. The summed E-state index contributed by atoms with van der Waals surface area (Å²) in [5, 5.41) is 8.71. The summed E-state index contributed by atoms with van der Waals surface area (Å²) in [5.41, 5.74) is 0.658. The number of pyridine rings is 1. The Labute approximate surface area is 105 Å². The third kappa shape index (κ3) is 2.85. The van der Waals surface area contributed by atoms with E-state index in [0.29, 0.717) is 18.5 Å². The lowest BCUT2D eigenvalue weighted by molar-refractivity contribution is 0.0690. The van der Waals surface area contributed by atoms with Gasteiger partial charge in [0.2, 0.25) is 10.0 Å². The Bertz CT molecular complexity index is 539. The molecule has 1 aliphatic rings. The zero-order valence-corrected chi connectivity index (χ0v) is 10.6. The number of hydrogen-bond donors (Lipinski definition) is 1. The molecule has 2 rings (SSSR count). The number of hydrogen-bond acceptors (Lipinski definition) is 4. The maximum Gasteiger partial charge on any atom is 0.354 e. The first-order valence-electron chi connectivity index (χ1n) is 5.65. The van der Waals surface area contributed by atoms with Gasteiger partial charge in [-0.15, -0.1) is 0 Å². The molecule has 1 fully saturated rings. The monoisotopic (exact) mass is 270 g/mol. The smallest absolute Gasteiger partial charge is 0.354 e. The third-order valence-corrected chi connectivity index (χ3v) is 4.76. The molecule has 1 aliphatic heterocycles. The number of rotatable bonds is 3. The van der Waals surface area contributed by atoms with Gasteiger partial charge in [0.1, 0.15) is 5.69 Å². The van der Waals surface area contributed by atoms with Gasteiger partial charge in [-0.3, -0.25) is 0 Å². The summed E-state index contributed by atoms with van der Waals surface area (Å²) < 4.78 is 25.0. The molecule has 1 aromatic rings. The fraction of sp³-hybridized carbons (Fsp3) is 0.455. The highest BCUT2D eigenvalue weighted by Crippen LogP contribution is 2.16. The van der Waals surface area contributed by atoms with E-state index < -0.39 is 16.0 Å². The van der Waals surface area contributed by atoms with Crippen molar-refractivity contribution in [3.05, 3.63) is 29.6 Å². The number of carboxylic acids is 1. The van der Waals surface area contributed by atoms with Gasteiger partial charge in [0.25, 0.3) is 0 Å². The molecule has 7 heteroatoms. The number of carboxylic acid groups (broad SMARTS) is 1. The molecule has 18 heavy (non-hydrogen) atoms. The van der Waals surface area contributed by atoms with Crippen molar-refractivity contribution in [1.29, 1.82) is 0 Å². The second-order valence-electron chi connectivity index (χ2n) is 4.21. The Kier molecular flexibility index (Phi) is 3.63. The number of aromatic carboxylic acids is 1. The average Bonchev–Trinajstić information content (AvgIpc) is 2.32. The summed E-state index contributed by atoms with van der Waals surface area (Å²) in [4.78, 5) is 14.4. The average molecular weight is 270 g/mol. The van der Waals surface area contributed by atoms with E-state index in [1.165, 1.54) is 16.6 Å². The topological polar surface area (TPSA) is 87.6 Å². The maximum atomic E-state index is 11.8. The van der Waals surface area contributed by atoms with Crippen molar-refractivity contribution in [2.75, 3.05) is 12.3 Å². The van der Waals surface area contributed by atoms with Crippen LogP contribution in [0.25, 0.3) is 0 Å². The zero-order valence-electron chi connectivity index (χ0n) is 9.74. The number of aromatic nitrogens is 1. The Morgan fingerprint density at radius 3 is 2.72 bits per heavy atom. The van der Waals surface area contributed by atoms with Crippen LogP contribution in [0.15, 0.2) is 18.3 Å². The molecule has 2 heterocycles. The Morgan fingerprint density at radius 1 is 1.39 bits per heavy atom.